The molecule has 1 heterocycles. The third-order valence-electron chi connectivity index (χ3n) is 3.49. The van der Waals surface area contributed by atoms with Crippen molar-refractivity contribution in [3.8, 4) is 0 Å². The Labute approximate surface area is 132 Å². The van der Waals surface area contributed by atoms with Crippen molar-refractivity contribution in [1.82, 2.24) is 5.32 Å². The summed E-state index contributed by atoms with van der Waals surface area (Å²) < 4.78 is 5.84. The first-order chi connectivity index (χ1) is 9.73. The monoisotopic (exact) mass is 306 g/mol. The molecule has 2 rings (SSSR count). The number of rotatable bonds is 3. The Morgan fingerprint density at radius 3 is 2.43 bits per heavy atom. The predicted octanol–water partition coefficient (Wildman–Crippen LogP) is 4.12. The molecule has 21 heavy (non-hydrogen) atoms. The van der Waals surface area contributed by atoms with Crippen LogP contribution in [0.2, 0.25) is 0 Å². The van der Waals surface area contributed by atoms with Crippen LogP contribution in [0.1, 0.15) is 52.7 Å². The standard InChI is InChI=1S/C17H26N2OS/c1-7-20-17(6)19-12(2)18-15(21-17)13-8-10-14(11-9-13)16(3,4)5/h8-12,19H,7H2,1-6H3. The summed E-state index contributed by atoms with van der Waals surface area (Å²) in [6.45, 7) is 13.5. The third kappa shape index (κ3) is 4.09. The van der Waals surface area contributed by atoms with Gasteiger partial charge in [0.15, 0.2) is 5.06 Å². The summed E-state index contributed by atoms with van der Waals surface area (Å²) in [6.07, 6.45) is 0.0556. The van der Waals surface area contributed by atoms with Crippen LogP contribution in [0.5, 0.6) is 0 Å². The molecule has 3 nitrogen and oxygen atoms in total. The van der Waals surface area contributed by atoms with Gasteiger partial charge in [-0.2, -0.15) is 0 Å². The molecular formula is C17H26N2OS. The minimum atomic E-state index is -0.409. The first-order valence-electron chi connectivity index (χ1n) is 7.53. The van der Waals surface area contributed by atoms with E-state index in [1.807, 2.05) is 6.92 Å². The highest BCUT2D eigenvalue weighted by atomic mass is 32.2. The van der Waals surface area contributed by atoms with Gasteiger partial charge in [-0.25, -0.2) is 0 Å². The van der Waals surface area contributed by atoms with Crippen LogP contribution in [0.25, 0.3) is 0 Å². The molecule has 0 radical (unpaired) electrons. The smallest absolute Gasteiger partial charge is 0.171 e. The van der Waals surface area contributed by atoms with E-state index in [1.54, 1.807) is 11.8 Å². The van der Waals surface area contributed by atoms with Crippen LogP contribution in [0.15, 0.2) is 29.3 Å². The number of ether oxygens (including phenoxy) is 1. The van der Waals surface area contributed by atoms with E-state index in [9.17, 15) is 0 Å². The summed E-state index contributed by atoms with van der Waals surface area (Å²) in [5.74, 6) is 0. The van der Waals surface area contributed by atoms with Crippen LogP contribution in [-0.2, 0) is 10.2 Å². The maximum Gasteiger partial charge on any atom is 0.171 e. The summed E-state index contributed by atoms with van der Waals surface area (Å²) in [5, 5.41) is 4.01. The highest BCUT2D eigenvalue weighted by molar-refractivity contribution is 8.15. The molecule has 2 atom stereocenters. The molecule has 0 fully saturated rings. The Kier molecular flexibility index (Phi) is 4.81. The second-order valence-corrected chi connectivity index (χ2v) is 7.93. The van der Waals surface area contributed by atoms with Crippen molar-refractivity contribution < 1.29 is 4.74 Å². The summed E-state index contributed by atoms with van der Waals surface area (Å²) in [5.41, 5.74) is 2.67. The Morgan fingerprint density at radius 1 is 1.29 bits per heavy atom. The van der Waals surface area contributed by atoms with Gasteiger partial charge in [-0.15, -0.1) is 0 Å². The number of hydrogen-bond acceptors (Lipinski definition) is 4. The van der Waals surface area contributed by atoms with Crippen molar-refractivity contribution in [3.63, 3.8) is 0 Å². The molecule has 1 aliphatic heterocycles. The van der Waals surface area contributed by atoms with Gasteiger partial charge in [0.05, 0.1) is 0 Å². The van der Waals surface area contributed by atoms with E-state index in [4.69, 9.17) is 9.73 Å². The van der Waals surface area contributed by atoms with Gasteiger partial charge >= 0.3 is 0 Å². The van der Waals surface area contributed by atoms with E-state index in [0.29, 0.717) is 6.61 Å². The summed E-state index contributed by atoms with van der Waals surface area (Å²) in [6, 6.07) is 8.72. The number of hydrogen-bond donors (Lipinski definition) is 1. The molecule has 2 unspecified atom stereocenters. The van der Waals surface area contributed by atoms with Crippen molar-refractivity contribution in [2.24, 2.45) is 4.99 Å². The molecule has 1 aromatic carbocycles. The van der Waals surface area contributed by atoms with Crippen LogP contribution in [0.3, 0.4) is 0 Å². The SMILES string of the molecule is CCOC1(C)NC(C)N=C(c2ccc(C(C)(C)C)cc2)S1. The lowest BCUT2D eigenvalue weighted by molar-refractivity contribution is 0.0160. The van der Waals surface area contributed by atoms with E-state index in [2.05, 4.69) is 64.2 Å². The Balaban J connectivity index is 2.25. The molecule has 1 aromatic rings. The van der Waals surface area contributed by atoms with Crippen molar-refractivity contribution in [2.75, 3.05) is 6.61 Å². The molecular weight excluding hydrogens is 280 g/mol. The van der Waals surface area contributed by atoms with Gasteiger partial charge in [-0.05, 0) is 31.7 Å². The van der Waals surface area contributed by atoms with Gasteiger partial charge < -0.3 is 4.74 Å². The van der Waals surface area contributed by atoms with Crippen LogP contribution in [-0.4, -0.2) is 22.9 Å². The molecule has 0 aliphatic carbocycles. The molecule has 116 valence electrons. The van der Waals surface area contributed by atoms with Crippen LogP contribution >= 0.6 is 11.8 Å². The summed E-state index contributed by atoms with van der Waals surface area (Å²) in [7, 11) is 0. The zero-order chi connectivity index (χ0) is 15.7. The van der Waals surface area contributed by atoms with E-state index < -0.39 is 5.06 Å². The fourth-order valence-corrected chi connectivity index (χ4v) is 3.66. The Bertz CT molecular complexity index is 519. The van der Waals surface area contributed by atoms with Crippen LogP contribution in [0.4, 0.5) is 0 Å². The molecule has 4 heteroatoms. The summed E-state index contributed by atoms with van der Waals surface area (Å²) >= 11 is 1.65. The third-order valence-corrected chi connectivity index (χ3v) is 4.65. The number of benzene rings is 1. The minimum Gasteiger partial charge on any atom is -0.351 e. The zero-order valence-electron chi connectivity index (χ0n) is 13.9. The molecule has 1 aliphatic rings. The number of aliphatic imine (C=N–C) groups is 1. The van der Waals surface area contributed by atoms with Gasteiger partial charge in [-0.3, -0.25) is 10.3 Å². The second kappa shape index (κ2) is 6.11. The minimum absolute atomic E-state index is 0.0556. The van der Waals surface area contributed by atoms with Gasteiger partial charge in [-0.1, -0.05) is 56.8 Å². The average Bonchev–Trinajstić information content (AvgIpc) is 2.36. The topological polar surface area (TPSA) is 33.6 Å². The highest BCUT2D eigenvalue weighted by Gasteiger charge is 2.33. The maximum absolute atomic E-state index is 5.84. The lowest BCUT2D eigenvalue weighted by Gasteiger charge is -2.36. The molecule has 0 saturated carbocycles. The van der Waals surface area contributed by atoms with Crippen molar-refractivity contribution in [3.05, 3.63) is 35.4 Å². The van der Waals surface area contributed by atoms with Crippen LogP contribution < -0.4 is 5.32 Å². The average molecular weight is 306 g/mol. The van der Waals surface area contributed by atoms with E-state index in [1.165, 1.54) is 5.56 Å². The number of thioether (sulfide) groups is 1. The van der Waals surface area contributed by atoms with Crippen LogP contribution in [0, 0.1) is 0 Å². The predicted molar refractivity (Wildman–Crippen MR) is 91.9 cm³/mol. The highest BCUT2D eigenvalue weighted by Crippen LogP contribution is 2.33. The lowest BCUT2D eigenvalue weighted by Crippen LogP contribution is -2.49. The van der Waals surface area contributed by atoms with Crippen molar-refractivity contribution in [2.45, 2.75) is 58.2 Å². The second-order valence-electron chi connectivity index (χ2n) is 6.56. The molecule has 0 aromatic heterocycles. The molecule has 0 spiro atoms. The number of nitrogens with one attached hydrogen (secondary N) is 1. The fraction of sp³-hybridized carbons (Fsp3) is 0.588. The molecule has 0 bridgehead atoms. The van der Waals surface area contributed by atoms with E-state index in [0.717, 1.165) is 10.6 Å². The largest absolute Gasteiger partial charge is 0.351 e. The summed E-state index contributed by atoms with van der Waals surface area (Å²) in [4.78, 5) is 4.71. The zero-order valence-corrected chi connectivity index (χ0v) is 14.7. The number of nitrogens with zero attached hydrogens (tertiary/aromatic N) is 1. The van der Waals surface area contributed by atoms with Crippen molar-refractivity contribution >= 4 is 16.8 Å². The normalized spacial score (nSPS) is 26.6. The quantitative estimate of drug-likeness (QED) is 0.912. The maximum atomic E-state index is 5.84. The van der Waals surface area contributed by atoms with Gasteiger partial charge in [0, 0.05) is 12.2 Å². The fourth-order valence-electron chi connectivity index (χ4n) is 2.42. The van der Waals surface area contributed by atoms with Crippen molar-refractivity contribution in [1.29, 1.82) is 0 Å². The molecule has 1 N–H and O–H groups in total. The molecule has 0 saturated heterocycles. The van der Waals surface area contributed by atoms with Gasteiger partial charge in [0.25, 0.3) is 0 Å². The van der Waals surface area contributed by atoms with E-state index >= 15 is 0 Å². The first kappa shape index (κ1) is 16.5. The Morgan fingerprint density at radius 2 is 1.90 bits per heavy atom. The Hall–Kier alpha value is -0.840. The molecule has 0 amide bonds. The van der Waals surface area contributed by atoms with E-state index in [-0.39, 0.29) is 11.6 Å². The van der Waals surface area contributed by atoms with Gasteiger partial charge in [0.1, 0.15) is 11.2 Å². The van der Waals surface area contributed by atoms with Gasteiger partial charge in [0.2, 0.25) is 0 Å². The lowest BCUT2D eigenvalue weighted by atomic mass is 9.87. The first-order valence-corrected chi connectivity index (χ1v) is 8.34.